The predicted octanol–water partition coefficient (Wildman–Crippen LogP) is 3.33. The number of pyridine rings is 1. The molecule has 0 amide bonds. The lowest BCUT2D eigenvalue weighted by Gasteiger charge is -2.24. The Labute approximate surface area is 125 Å². The van der Waals surface area contributed by atoms with E-state index in [2.05, 4.69) is 21.2 Å². The highest BCUT2D eigenvalue weighted by molar-refractivity contribution is 5.54. The van der Waals surface area contributed by atoms with Gasteiger partial charge in [-0.15, -0.1) is 0 Å². The average molecular weight is 286 g/mol. The Balaban J connectivity index is 1.82. The molecule has 2 aromatic rings. The first-order valence-electron chi connectivity index (χ1n) is 7.68. The number of rotatable bonds is 3. The van der Waals surface area contributed by atoms with Crippen LogP contribution in [0.25, 0.3) is 11.5 Å². The zero-order valence-corrected chi connectivity index (χ0v) is 12.7. The maximum Gasteiger partial charge on any atom is 0.244 e. The second-order valence-corrected chi connectivity index (χ2v) is 6.06. The van der Waals surface area contributed by atoms with E-state index in [4.69, 9.17) is 10.3 Å². The molecule has 3 rings (SSSR count). The first-order chi connectivity index (χ1) is 10.1. The lowest BCUT2D eigenvalue weighted by Crippen LogP contribution is -2.23. The zero-order chi connectivity index (χ0) is 14.8. The Bertz CT molecular complexity index is 616. The number of nitrogens with zero attached hydrogens (tertiary/aromatic N) is 3. The molecule has 0 aromatic carbocycles. The fraction of sp³-hybridized carbons (Fsp3) is 0.562. The highest BCUT2D eigenvalue weighted by atomic mass is 16.5. The van der Waals surface area contributed by atoms with Gasteiger partial charge in [-0.25, -0.2) is 0 Å². The predicted molar refractivity (Wildman–Crippen MR) is 80.5 cm³/mol. The number of nitrogens with two attached hydrogens (primary N) is 1. The van der Waals surface area contributed by atoms with Crippen molar-refractivity contribution in [1.82, 2.24) is 15.1 Å². The van der Waals surface area contributed by atoms with E-state index in [1.807, 2.05) is 20.0 Å². The lowest BCUT2D eigenvalue weighted by atomic mass is 9.84. The van der Waals surface area contributed by atoms with Crippen molar-refractivity contribution in [3.8, 4) is 11.5 Å². The van der Waals surface area contributed by atoms with Gasteiger partial charge in [0, 0.05) is 6.20 Å². The summed E-state index contributed by atoms with van der Waals surface area (Å²) in [6.45, 7) is 4.02. The van der Waals surface area contributed by atoms with Crippen LogP contribution in [0.1, 0.15) is 55.2 Å². The van der Waals surface area contributed by atoms with Gasteiger partial charge in [-0.2, -0.15) is 4.98 Å². The van der Waals surface area contributed by atoms with E-state index in [0.717, 1.165) is 29.7 Å². The van der Waals surface area contributed by atoms with E-state index >= 15 is 0 Å². The molecule has 1 aliphatic rings. The molecule has 112 valence electrons. The van der Waals surface area contributed by atoms with Gasteiger partial charge < -0.3 is 10.3 Å². The molecule has 1 atom stereocenters. The minimum absolute atomic E-state index is 0.155. The molecule has 0 saturated heterocycles. The zero-order valence-electron chi connectivity index (χ0n) is 12.7. The summed E-state index contributed by atoms with van der Waals surface area (Å²) in [5.74, 6) is 1.53. The molecule has 1 aliphatic carbocycles. The number of hydrogen-bond donors (Lipinski definition) is 1. The minimum Gasteiger partial charge on any atom is -0.337 e. The van der Waals surface area contributed by atoms with Crippen molar-refractivity contribution in [2.75, 3.05) is 0 Å². The summed E-state index contributed by atoms with van der Waals surface area (Å²) in [5, 5.41) is 4.06. The molecule has 0 spiro atoms. The fourth-order valence-electron chi connectivity index (χ4n) is 3.11. The molecule has 0 bridgehead atoms. The van der Waals surface area contributed by atoms with Crippen LogP contribution in [0.5, 0.6) is 0 Å². The van der Waals surface area contributed by atoms with Crippen molar-refractivity contribution in [3.63, 3.8) is 0 Å². The largest absolute Gasteiger partial charge is 0.337 e. The van der Waals surface area contributed by atoms with Crippen molar-refractivity contribution in [2.45, 2.75) is 52.0 Å². The van der Waals surface area contributed by atoms with E-state index in [1.54, 1.807) is 0 Å². The maximum atomic E-state index is 6.31. The second-order valence-electron chi connectivity index (χ2n) is 6.06. The van der Waals surface area contributed by atoms with Gasteiger partial charge in [-0.3, -0.25) is 4.98 Å². The van der Waals surface area contributed by atoms with Crippen molar-refractivity contribution in [2.24, 2.45) is 11.7 Å². The third-order valence-corrected chi connectivity index (χ3v) is 4.31. The molecular weight excluding hydrogens is 264 g/mol. The van der Waals surface area contributed by atoms with Crippen LogP contribution in [-0.4, -0.2) is 15.1 Å². The number of hydrogen-bond acceptors (Lipinski definition) is 5. The molecule has 2 N–H and O–H groups in total. The number of aromatic nitrogens is 3. The van der Waals surface area contributed by atoms with Crippen LogP contribution in [0.4, 0.5) is 0 Å². The van der Waals surface area contributed by atoms with E-state index in [-0.39, 0.29) is 6.04 Å². The molecule has 5 nitrogen and oxygen atoms in total. The summed E-state index contributed by atoms with van der Waals surface area (Å²) < 4.78 is 5.39. The van der Waals surface area contributed by atoms with Crippen LogP contribution in [0.2, 0.25) is 0 Å². The van der Waals surface area contributed by atoms with Crippen molar-refractivity contribution in [3.05, 3.63) is 29.3 Å². The molecule has 1 unspecified atom stereocenters. The topological polar surface area (TPSA) is 77.8 Å². The molecule has 5 heteroatoms. The van der Waals surface area contributed by atoms with E-state index in [1.165, 1.54) is 19.3 Å². The molecule has 0 aliphatic heterocycles. The van der Waals surface area contributed by atoms with Crippen molar-refractivity contribution in [1.29, 1.82) is 0 Å². The summed E-state index contributed by atoms with van der Waals surface area (Å²) in [4.78, 5) is 8.89. The minimum atomic E-state index is -0.155. The molecular formula is C16H22N4O. The first kappa shape index (κ1) is 14.2. The normalized spacial score (nSPS) is 17.9. The van der Waals surface area contributed by atoms with Crippen molar-refractivity contribution < 1.29 is 4.52 Å². The molecule has 1 fully saturated rings. The Morgan fingerprint density at radius 2 is 2.00 bits per heavy atom. The Hall–Kier alpha value is -1.75. The summed E-state index contributed by atoms with van der Waals surface area (Å²) in [6, 6.07) is 1.91. The van der Waals surface area contributed by atoms with Gasteiger partial charge >= 0.3 is 0 Å². The van der Waals surface area contributed by atoms with Gasteiger partial charge in [-0.1, -0.05) is 30.5 Å². The summed E-state index contributed by atoms with van der Waals surface area (Å²) in [7, 11) is 0. The Kier molecular flexibility index (Phi) is 4.01. The highest BCUT2D eigenvalue weighted by Gasteiger charge is 2.26. The van der Waals surface area contributed by atoms with Gasteiger partial charge in [0.1, 0.15) is 5.69 Å². The smallest absolute Gasteiger partial charge is 0.244 e. The standard InChI is InChI=1S/C16H22N4O/c1-10-8-11(2)14(18-9-10)15-19-16(21-20-15)13(17)12-6-4-3-5-7-12/h8-9,12-13H,3-7,17H2,1-2H3. The van der Waals surface area contributed by atoms with Crippen LogP contribution >= 0.6 is 0 Å². The Morgan fingerprint density at radius 1 is 1.24 bits per heavy atom. The summed E-state index contributed by atoms with van der Waals surface area (Å²) in [6.07, 6.45) is 7.93. The van der Waals surface area contributed by atoms with Gasteiger partial charge in [-0.05, 0) is 43.7 Å². The van der Waals surface area contributed by atoms with Gasteiger partial charge in [0.25, 0.3) is 0 Å². The average Bonchev–Trinajstić information content (AvgIpc) is 2.97. The van der Waals surface area contributed by atoms with Crippen LogP contribution in [0.15, 0.2) is 16.8 Å². The highest BCUT2D eigenvalue weighted by Crippen LogP contribution is 2.32. The van der Waals surface area contributed by atoms with Crippen LogP contribution in [0.3, 0.4) is 0 Å². The van der Waals surface area contributed by atoms with E-state index in [9.17, 15) is 0 Å². The van der Waals surface area contributed by atoms with Gasteiger partial charge in [0.05, 0.1) is 6.04 Å². The van der Waals surface area contributed by atoms with Crippen LogP contribution in [-0.2, 0) is 0 Å². The first-order valence-corrected chi connectivity index (χ1v) is 7.68. The second kappa shape index (κ2) is 5.93. The van der Waals surface area contributed by atoms with Crippen LogP contribution < -0.4 is 5.73 Å². The SMILES string of the molecule is Cc1cnc(-c2noc(C(N)C3CCCCC3)n2)c(C)c1. The molecule has 0 radical (unpaired) electrons. The maximum absolute atomic E-state index is 6.31. The molecule has 21 heavy (non-hydrogen) atoms. The third-order valence-electron chi connectivity index (χ3n) is 4.31. The fourth-order valence-corrected chi connectivity index (χ4v) is 3.11. The van der Waals surface area contributed by atoms with E-state index < -0.39 is 0 Å². The monoisotopic (exact) mass is 286 g/mol. The number of aryl methyl sites for hydroxylation is 2. The lowest BCUT2D eigenvalue weighted by molar-refractivity contribution is 0.255. The summed E-state index contributed by atoms with van der Waals surface area (Å²) in [5.41, 5.74) is 9.25. The third kappa shape index (κ3) is 2.97. The molecule has 2 heterocycles. The van der Waals surface area contributed by atoms with Crippen molar-refractivity contribution >= 4 is 0 Å². The molecule has 2 aromatic heterocycles. The molecule has 1 saturated carbocycles. The summed E-state index contributed by atoms with van der Waals surface area (Å²) >= 11 is 0. The quantitative estimate of drug-likeness (QED) is 0.936. The van der Waals surface area contributed by atoms with Crippen LogP contribution in [0, 0.1) is 19.8 Å². The van der Waals surface area contributed by atoms with Gasteiger partial charge in [0.15, 0.2) is 0 Å². The Morgan fingerprint density at radius 3 is 2.71 bits per heavy atom. The van der Waals surface area contributed by atoms with E-state index in [0.29, 0.717) is 17.6 Å². The van der Waals surface area contributed by atoms with Gasteiger partial charge in [0.2, 0.25) is 11.7 Å².